The zero-order chi connectivity index (χ0) is 13.6. The molecule has 2 rings (SSSR count). The Kier molecular flexibility index (Phi) is 2.94. The van der Waals surface area contributed by atoms with Crippen LogP contribution in [-0.4, -0.2) is 45.7 Å². The Morgan fingerprint density at radius 3 is 2.56 bits per heavy atom. The van der Waals surface area contributed by atoms with Crippen LogP contribution in [0.1, 0.15) is 19.8 Å². The second kappa shape index (κ2) is 4.06. The Morgan fingerprint density at radius 1 is 1.61 bits per heavy atom. The van der Waals surface area contributed by atoms with Crippen LogP contribution in [0.25, 0.3) is 0 Å². The number of aliphatic carboxylic acids is 1. The molecule has 0 radical (unpaired) electrons. The standard InChI is InChI=1S/C10H15N3O4S/c1-3-13(10(4-5-10)9(14)15)18(16,17)8-6-11-12(2)7-8/h6-7H,3-5H2,1-2H3,(H,14,15). The van der Waals surface area contributed by atoms with Crippen molar-refractivity contribution in [2.24, 2.45) is 7.05 Å². The van der Waals surface area contributed by atoms with Gasteiger partial charge in [0.15, 0.2) is 0 Å². The van der Waals surface area contributed by atoms with E-state index < -0.39 is 21.5 Å². The molecule has 100 valence electrons. The van der Waals surface area contributed by atoms with E-state index in [2.05, 4.69) is 5.10 Å². The number of hydrogen-bond donors (Lipinski definition) is 1. The van der Waals surface area contributed by atoms with Crippen LogP contribution in [0.3, 0.4) is 0 Å². The number of aromatic nitrogens is 2. The number of hydrogen-bond acceptors (Lipinski definition) is 4. The predicted molar refractivity (Wildman–Crippen MR) is 62.4 cm³/mol. The lowest BCUT2D eigenvalue weighted by molar-refractivity contribution is -0.143. The summed E-state index contributed by atoms with van der Waals surface area (Å²) in [5, 5.41) is 13.0. The van der Waals surface area contributed by atoms with Crippen LogP contribution in [0.4, 0.5) is 0 Å². The normalized spacial score (nSPS) is 17.9. The second-order valence-corrected chi connectivity index (χ2v) is 6.22. The number of aryl methyl sites for hydroxylation is 1. The molecule has 7 nitrogen and oxygen atoms in total. The summed E-state index contributed by atoms with van der Waals surface area (Å²) < 4.78 is 27.2. The molecule has 0 aliphatic heterocycles. The molecule has 1 saturated carbocycles. The fraction of sp³-hybridized carbons (Fsp3) is 0.600. The van der Waals surface area contributed by atoms with Crippen LogP contribution >= 0.6 is 0 Å². The monoisotopic (exact) mass is 273 g/mol. The fourth-order valence-corrected chi connectivity index (χ4v) is 3.83. The summed E-state index contributed by atoms with van der Waals surface area (Å²) in [4.78, 5) is 11.3. The van der Waals surface area contributed by atoms with Crippen molar-refractivity contribution in [3.63, 3.8) is 0 Å². The Labute approximate surface area is 105 Å². The van der Waals surface area contributed by atoms with E-state index in [1.54, 1.807) is 14.0 Å². The topological polar surface area (TPSA) is 92.5 Å². The van der Waals surface area contributed by atoms with E-state index in [1.807, 2.05) is 0 Å². The van der Waals surface area contributed by atoms with Gasteiger partial charge in [0, 0.05) is 19.8 Å². The Hall–Kier alpha value is -1.41. The first-order valence-corrected chi connectivity index (χ1v) is 7.03. The molecular weight excluding hydrogens is 258 g/mol. The largest absolute Gasteiger partial charge is 0.480 e. The third-order valence-electron chi connectivity index (χ3n) is 3.16. The van der Waals surface area contributed by atoms with Gasteiger partial charge in [-0.2, -0.15) is 9.40 Å². The molecule has 1 heterocycles. The number of carbonyl (C=O) groups is 1. The SMILES string of the molecule is CCN(C1(C(=O)O)CC1)S(=O)(=O)c1cnn(C)c1. The third-order valence-corrected chi connectivity index (χ3v) is 5.15. The molecule has 0 saturated heterocycles. The molecule has 0 atom stereocenters. The summed E-state index contributed by atoms with van der Waals surface area (Å²) in [5.74, 6) is -1.09. The molecule has 1 aliphatic carbocycles. The molecule has 0 unspecified atom stereocenters. The quantitative estimate of drug-likeness (QED) is 0.818. The van der Waals surface area contributed by atoms with Gasteiger partial charge in [0.1, 0.15) is 10.4 Å². The number of carboxylic acid groups (broad SMARTS) is 1. The fourth-order valence-electron chi connectivity index (χ4n) is 2.05. The number of carboxylic acids is 1. The molecule has 0 amide bonds. The minimum Gasteiger partial charge on any atom is -0.480 e. The van der Waals surface area contributed by atoms with E-state index in [0.29, 0.717) is 12.8 Å². The van der Waals surface area contributed by atoms with Gasteiger partial charge in [0.25, 0.3) is 0 Å². The lowest BCUT2D eigenvalue weighted by Crippen LogP contribution is -2.46. The first-order valence-electron chi connectivity index (χ1n) is 5.59. The highest BCUT2D eigenvalue weighted by Crippen LogP contribution is 2.44. The molecule has 1 fully saturated rings. The van der Waals surface area contributed by atoms with Crippen molar-refractivity contribution in [2.45, 2.75) is 30.2 Å². The Balaban J connectivity index is 2.42. The summed E-state index contributed by atoms with van der Waals surface area (Å²) in [6.45, 7) is 1.76. The molecule has 1 N–H and O–H groups in total. The molecule has 1 aliphatic rings. The van der Waals surface area contributed by atoms with E-state index in [4.69, 9.17) is 0 Å². The lowest BCUT2D eigenvalue weighted by atomic mass is 10.3. The minimum atomic E-state index is -3.80. The summed E-state index contributed by atoms with van der Waals surface area (Å²) >= 11 is 0. The number of nitrogens with zero attached hydrogens (tertiary/aromatic N) is 3. The average molecular weight is 273 g/mol. The number of sulfonamides is 1. The minimum absolute atomic E-state index is 0.0272. The maximum absolute atomic E-state index is 12.4. The summed E-state index contributed by atoms with van der Waals surface area (Å²) in [5.41, 5.74) is -1.26. The van der Waals surface area contributed by atoms with Crippen molar-refractivity contribution in [3.8, 4) is 0 Å². The van der Waals surface area contributed by atoms with Gasteiger partial charge in [-0.1, -0.05) is 6.92 Å². The third kappa shape index (κ3) is 1.81. The van der Waals surface area contributed by atoms with Gasteiger partial charge < -0.3 is 5.11 Å². The van der Waals surface area contributed by atoms with Crippen LogP contribution < -0.4 is 0 Å². The smallest absolute Gasteiger partial charge is 0.325 e. The van der Waals surface area contributed by atoms with Crippen molar-refractivity contribution in [2.75, 3.05) is 6.54 Å². The molecule has 0 bridgehead atoms. The molecule has 8 heteroatoms. The highest BCUT2D eigenvalue weighted by Gasteiger charge is 2.59. The van der Waals surface area contributed by atoms with Crippen molar-refractivity contribution in [3.05, 3.63) is 12.4 Å². The Morgan fingerprint density at radius 2 is 2.22 bits per heavy atom. The molecule has 0 spiro atoms. The van der Waals surface area contributed by atoms with Crippen molar-refractivity contribution >= 4 is 16.0 Å². The van der Waals surface area contributed by atoms with E-state index >= 15 is 0 Å². The molecule has 1 aromatic heterocycles. The maximum atomic E-state index is 12.4. The average Bonchev–Trinajstić information content (AvgIpc) is 2.95. The van der Waals surface area contributed by atoms with Crippen LogP contribution in [-0.2, 0) is 21.9 Å². The van der Waals surface area contributed by atoms with Gasteiger partial charge in [-0.25, -0.2) is 8.42 Å². The summed E-state index contributed by atoms with van der Waals surface area (Å²) in [7, 11) is -2.19. The predicted octanol–water partition coefficient (Wildman–Crippen LogP) is 0.0479. The van der Waals surface area contributed by atoms with Crippen molar-refractivity contribution < 1.29 is 18.3 Å². The molecule has 1 aromatic rings. The zero-order valence-electron chi connectivity index (χ0n) is 10.2. The summed E-state index contributed by atoms with van der Waals surface area (Å²) in [6.07, 6.45) is 3.32. The lowest BCUT2D eigenvalue weighted by Gasteiger charge is -2.26. The molecular formula is C10H15N3O4S. The highest BCUT2D eigenvalue weighted by molar-refractivity contribution is 7.89. The van der Waals surface area contributed by atoms with Gasteiger partial charge in [-0.15, -0.1) is 0 Å². The van der Waals surface area contributed by atoms with E-state index in [-0.39, 0.29) is 11.4 Å². The second-order valence-electron chi connectivity index (χ2n) is 4.36. The maximum Gasteiger partial charge on any atom is 0.325 e. The van der Waals surface area contributed by atoms with E-state index in [0.717, 1.165) is 4.31 Å². The number of likely N-dealkylation sites (N-methyl/N-ethyl adjacent to an activating group) is 1. The first kappa shape index (κ1) is 13.0. The van der Waals surface area contributed by atoms with Crippen molar-refractivity contribution in [1.29, 1.82) is 0 Å². The van der Waals surface area contributed by atoms with Crippen LogP contribution in [0.2, 0.25) is 0 Å². The molecule has 18 heavy (non-hydrogen) atoms. The van der Waals surface area contributed by atoms with Crippen LogP contribution in [0.15, 0.2) is 17.3 Å². The zero-order valence-corrected chi connectivity index (χ0v) is 11.0. The Bertz CT molecular complexity index is 574. The molecule has 0 aromatic carbocycles. The van der Waals surface area contributed by atoms with Crippen molar-refractivity contribution in [1.82, 2.24) is 14.1 Å². The van der Waals surface area contributed by atoms with Gasteiger partial charge >= 0.3 is 5.97 Å². The summed E-state index contributed by atoms with van der Waals surface area (Å²) in [6, 6.07) is 0. The first-order chi connectivity index (χ1) is 8.34. The van der Waals surface area contributed by atoms with Gasteiger partial charge in [0.2, 0.25) is 10.0 Å². The van der Waals surface area contributed by atoms with Gasteiger partial charge in [-0.05, 0) is 12.8 Å². The van der Waals surface area contributed by atoms with Crippen LogP contribution in [0.5, 0.6) is 0 Å². The van der Waals surface area contributed by atoms with Gasteiger partial charge in [0.05, 0.1) is 6.20 Å². The van der Waals surface area contributed by atoms with E-state index in [9.17, 15) is 18.3 Å². The van der Waals surface area contributed by atoms with Gasteiger partial charge in [-0.3, -0.25) is 9.48 Å². The number of rotatable bonds is 5. The van der Waals surface area contributed by atoms with E-state index in [1.165, 1.54) is 17.1 Å². The van der Waals surface area contributed by atoms with Crippen LogP contribution in [0, 0.1) is 0 Å². The highest BCUT2D eigenvalue weighted by atomic mass is 32.2.